The van der Waals surface area contributed by atoms with E-state index < -0.39 is 11.7 Å². The topological polar surface area (TPSA) is 70.3 Å². The van der Waals surface area contributed by atoms with Crippen molar-refractivity contribution in [1.29, 1.82) is 0 Å². The average molecular weight is 338 g/mol. The van der Waals surface area contributed by atoms with Crippen molar-refractivity contribution in [2.24, 2.45) is 10.2 Å². The number of azo groups is 1. The van der Waals surface area contributed by atoms with Gasteiger partial charge in [0.05, 0.1) is 12.2 Å². The Balaban J connectivity index is 1.74. The molecule has 3 rings (SSSR count). The zero-order valence-corrected chi connectivity index (χ0v) is 12.4. The molecule has 1 aromatic heterocycles. The fourth-order valence-corrected chi connectivity index (χ4v) is 2.13. The summed E-state index contributed by atoms with van der Waals surface area (Å²) in [6, 6.07) is 6.83. The molecule has 24 heavy (non-hydrogen) atoms. The standard InChI is InChI=1S/C15H13F3N4O2/c16-15(17,18)10-1-4-14(19-8-10)21-20-12-3-2-11(7-13(12)23)22-5-6-24-9-22/h1-4,7-8,23H,5-6,9H2. The Kier molecular flexibility index (Phi) is 4.34. The van der Waals surface area contributed by atoms with E-state index in [1.54, 1.807) is 12.1 Å². The maximum absolute atomic E-state index is 12.4. The molecule has 1 aliphatic heterocycles. The molecule has 126 valence electrons. The molecule has 9 heteroatoms. The van der Waals surface area contributed by atoms with Crippen molar-refractivity contribution >= 4 is 17.2 Å². The number of halogens is 3. The predicted molar refractivity (Wildman–Crippen MR) is 79.7 cm³/mol. The zero-order chi connectivity index (χ0) is 17.2. The van der Waals surface area contributed by atoms with E-state index in [1.165, 1.54) is 6.07 Å². The van der Waals surface area contributed by atoms with Crippen LogP contribution < -0.4 is 4.90 Å². The van der Waals surface area contributed by atoms with Crippen LogP contribution in [0, 0.1) is 0 Å². The van der Waals surface area contributed by atoms with E-state index in [0.29, 0.717) is 19.5 Å². The first kappa shape index (κ1) is 16.2. The van der Waals surface area contributed by atoms with Crippen LogP contribution >= 0.6 is 0 Å². The number of anilines is 1. The van der Waals surface area contributed by atoms with Crippen molar-refractivity contribution in [1.82, 2.24) is 4.98 Å². The molecule has 0 spiro atoms. The highest BCUT2D eigenvalue weighted by atomic mass is 19.4. The van der Waals surface area contributed by atoms with Crippen molar-refractivity contribution in [3.8, 4) is 5.75 Å². The lowest BCUT2D eigenvalue weighted by Crippen LogP contribution is -2.18. The van der Waals surface area contributed by atoms with Crippen LogP contribution in [0.5, 0.6) is 5.75 Å². The fraction of sp³-hybridized carbons (Fsp3) is 0.267. The van der Waals surface area contributed by atoms with E-state index in [0.717, 1.165) is 24.4 Å². The van der Waals surface area contributed by atoms with Gasteiger partial charge >= 0.3 is 6.18 Å². The minimum absolute atomic E-state index is 0.0134. The smallest absolute Gasteiger partial charge is 0.417 e. The van der Waals surface area contributed by atoms with Crippen LogP contribution in [0.3, 0.4) is 0 Å². The molecule has 0 bridgehead atoms. The van der Waals surface area contributed by atoms with Gasteiger partial charge in [-0.2, -0.15) is 13.2 Å². The van der Waals surface area contributed by atoms with Crippen molar-refractivity contribution in [3.05, 3.63) is 42.1 Å². The van der Waals surface area contributed by atoms with Crippen molar-refractivity contribution in [3.63, 3.8) is 0 Å². The summed E-state index contributed by atoms with van der Waals surface area (Å²) in [7, 11) is 0. The summed E-state index contributed by atoms with van der Waals surface area (Å²) in [4.78, 5) is 5.53. The second-order valence-electron chi connectivity index (χ2n) is 5.08. The fourth-order valence-electron chi connectivity index (χ4n) is 2.13. The lowest BCUT2D eigenvalue weighted by molar-refractivity contribution is -0.137. The highest BCUT2D eigenvalue weighted by molar-refractivity contribution is 5.61. The Bertz CT molecular complexity index is 741. The van der Waals surface area contributed by atoms with E-state index in [-0.39, 0.29) is 17.3 Å². The molecule has 2 aromatic rings. The summed E-state index contributed by atoms with van der Waals surface area (Å²) in [6.07, 6.45) is -3.76. The minimum Gasteiger partial charge on any atom is -0.506 e. The third kappa shape index (κ3) is 3.62. The van der Waals surface area contributed by atoms with Crippen LogP contribution in [-0.4, -0.2) is 30.0 Å². The third-order valence-corrected chi connectivity index (χ3v) is 3.41. The monoisotopic (exact) mass is 338 g/mol. The Labute approximate surface area is 135 Å². The Morgan fingerprint density at radius 2 is 2.00 bits per heavy atom. The summed E-state index contributed by atoms with van der Waals surface area (Å²) in [6.45, 7) is 1.81. The number of rotatable bonds is 3. The van der Waals surface area contributed by atoms with Gasteiger partial charge < -0.3 is 14.7 Å². The predicted octanol–water partition coefficient (Wildman–Crippen LogP) is 4.02. The van der Waals surface area contributed by atoms with E-state index >= 15 is 0 Å². The molecular formula is C15H13F3N4O2. The van der Waals surface area contributed by atoms with E-state index in [9.17, 15) is 18.3 Å². The van der Waals surface area contributed by atoms with Crippen LogP contribution in [0.4, 0.5) is 30.4 Å². The van der Waals surface area contributed by atoms with E-state index in [2.05, 4.69) is 15.2 Å². The molecule has 1 saturated heterocycles. The molecule has 0 aliphatic carbocycles. The maximum Gasteiger partial charge on any atom is 0.417 e. The molecule has 6 nitrogen and oxygen atoms in total. The van der Waals surface area contributed by atoms with Gasteiger partial charge in [0, 0.05) is 24.5 Å². The van der Waals surface area contributed by atoms with Crippen molar-refractivity contribution < 1.29 is 23.0 Å². The van der Waals surface area contributed by atoms with E-state index in [4.69, 9.17) is 4.74 Å². The van der Waals surface area contributed by atoms with Gasteiger partial charge in [0.1, 0.15) is 18.2 Å². The number of hydrogen-bond donors (Lipinski definition) is 1. The summed E-state index contributed by atoms with van der Waals surface area (Å²) in [5.74, 6) is -0.0746. The van der Waals surface area contributed by atoms with E-state index in [1.807, 2.05) is 4.90 Å². The first-order valence-electron chi connectivity index (χ1n) is 7.04. The molecule has 1 fully saturated rings. The second kappa shape index (κ2) is 6.44. The molecule has 0 radical (unpaired) electrons. The Hall–Kier alpha value is -2.68. The summed E-state index contributed by atoms with van der Waals surface area (Å²) >= 11 is 0. The Morgan fingerprint density at radius 1 is 1.17 bits per heavy atom. The molecule has 1 N–H and O–H groups in total. The van der Waals surface area contributed by atoms with Gasteiger partial charge in [-0.3, -0.25) is 0 Å². The van der Waals surface area contributed by atoms with Gasteiger partial charge in [-0.15, -0.1) is 10.2 Å². The lowest BCUT2D eigenvalue weighted by atomic mass is 10.2. The largest absolute Gasteiger partial charge is 0.506 e. The number of nitrogens with zero attached hydrogens (tertiary/aromatic N) is 4. The average Bonchev–Trinajstić information content (AvgIpc) is 3.08. The molecule has 1 aliphatic rings. The minimum atomic E-state index is -4.45. The first-order chi connectivity index (χ1) is 11.4. The number of benzene rings is 1. The Morgan fingerprint density at radius 3 is 2.58 bits per heavy atom. The molecule has 1 aromatic carbocycles. The van der Waals surface area contributed by atoms with Gasteiger partial charge in [-0.25, -0.2) is 4.98 Å². The number of hydrogen-bond acceptors (Lipinski definition) is 6. The van der Waals surface area contributed by atoms with Gasteiger partial charge in [0.15, 0.2) is 5.82 Å². The van der Waals surface area contributed by atoms with Gasteiger partial charge in [-0.1, -0.05) is 0 Å². The lowest BCUT2D eigenvalue weighted by Gasteiger charge is -2.15. The van der Waals surface area contributed by atoms with Crippen LogP contribution in [0.1, 0.15) is 5.56 Å². The number of aromatic nitrogens is 1. The second-order valence-corrected chi connectivity index (χ2v) is 5.08. The summed E-state index contributed by atoms with van der Waals surface area (Å²) in [5.41, 5.74) is 0.124. The number of ether oxygens (including phenoxy) is 1. The summed E-state index contributed by atoms with van der Waals surface area (Å²) in [5, 5.41) is 17.5. The molecule has 0 atom stereocenters. The van der Waals surface area contributed by atoms with Crippen LogP contribution in [-0.2, 0) is 10.9 Å². The SMILES string of the molecule is Oc1cc(N2CCOC2)ccc1N=Nc1ccc(C(F)(F)F)cn1. The molecule has 0 saturated carbocycles. The normalized spacial score (nSPS) is 15.4. The molecule has 0 amide bonds. The zero-order valence-electron chi connectivity index (χ0n) is 12.4. The highest BCUT2D eigenvalue weighted by Crippen LogP contribution is 2.33. The molecule has 2 heterocycles. The number of pyridine rings is 1. The highest BCUT2D eigenvalue weighted by Gasteiger charge is 2.30. The van der Waals surface area contributed by atoms with Crippen molar-refractivity contribution in [2.45, 2.75) is 6.18 Å². The van der Waals surface area contributed by atoms with Crippen LogP contribution in [0.2, 0.25) is 0 Å². The summed E-state index contributed by atoms with van der Waals surface area (Å²) < 4.78 is 42.6. The van der Waals surface area contributed by atoms with Crippen LogP contribution in [0.15, 0.2) is 46.8 Å². The number of phenolic OH excluding ortho intramolecular Hbond substituents is 1. The first-order valence-corrected chi connectivity index (χ1v) is 7.04. The molecular weight excluding hydrogens is 325 g/mol. The van der Waals surface area contributed by atoms with Gasteiger partial charge in [0.2, 0.25) is 0 Å². The third-order valence-electron chi connectivity index (χ3n) is 3.41. The number of aromatic hydroxyl groups is 1. The number of phenols is 1. The van der Waals surface area contributed by atoms with Crippen molar-refractivity contribution in [2.75, 3.05) is 24.8 Å². The maximum atomic E-state index is 12.4. The van der Waals surface area contributed by atoms with Gasteiger partial charge in [-0.05, 0) is 24.3 Å². The number of alkyl halides is 3. The quantitative estimate of drug-likeness (QED) is 0.858. The molecule has 0 unspecified atom stereocenters. The van der Waals surface area contributed by atoms with Crippen LogP contribution in [0.25, 0.3) is 0 Å². The van der Waals surface area contributed by atoms with Gasteiger partial charge in [0.25, 0.3) is 0 Å².